The summed E-state index contributed by atoms with van der Waals surface area (Å²) < 4.78 is 50.3. The van der Waals surface area contributed by atoms with Gasteiger partial charge in [0.2, 0.25) is 0 Å². The molecule has 3 aromatic carbocycles. The SMILES string of the molecule is CCOC(=O)COc1ccccc1/C=C1/C(=O)N(c2cccc(C(F)(F)F)c2)N=C1c1ccccc1. The monoisotopic (exact) mass is 494 g/mol. The number of nitrogens with zero attached hydrogens (tertiary/aromatic N) is 2. The fourth-order valence-electron chi connectivity index (χ4n) is 3.57. The molecule has 0 atom stereocenters. The van der Waals surface area contributed by atoms with Gasteiger partial charge in [-0.2, -0.15) is 23.3 Å². The number of hydrazone groups is 1. The second kappa shape index (κ2) is 10.5. The number of rotatable bonds is 7. The maximum atomic E-state index is 13.5. The van der Waals surface area contributed by atoms with Gasteiger partial charge in [-0.1, -0.05) is 54.6 Å². The largest absolute Gasteiger partial charge is 0.481 e. The number of hydrogen-bond donors (Lipinski definition) is 0. The minimum Gasteiger partial charge on any atom is -0.481 e. The van der Waals surface area contributed by atoms with Crippen LogP contribution in [-0.4, -0.2) is 30.8 Å². The third-order valence-electron chi connectivity index (χ3n) is 5.21. The third-order valence-corrected chi connectivity index (χ3v) is 5.21. The Hall–Kier alpha value is -4.40. The van der Waals surface area contributed by atoms with E-state index in [0.717, 1.165) is 17.1 Å². The summed E-state index contributed by atoms with van der Waals surface area (Å²) in [5, 5.41) is 5.34. The Kier molecular flexibility index (Phi) is 7.19. The number of amides is 1. The summed E-state index contributed by atoms with van der Waals surface area (Å²) >= 11 is 0. The molecule has 36 heavy (non-hydrogen) atoms. The van der Waals surface area contributed by atoms with Crippen LogP contribution in [0.3, 0.4) is 0 Å². The van der Waals surface area contributed by atoms with E-state index in [9.17, 15) is 22.8 Å². The fourth-order valence-corrected chi connectivity index (χ4v) is 3.57. The zero-order chi connectivity index (χ0) is 25.7. The molecule has 0 fully saturated rings. The summed E-state index contributed by atoms with van der Waals surface area (Å²) in [4.78, 5) is 25.2. The quantitative estimate of drug-likeness (QED) is 0.322. The Labute approximate surface area is 205 Å². The van der Waals surface area contributed by atoms with Crippen molar-refractivity contribution in [2.24, 2.45) is 5.10 Å². The molecule has 0 saturated heterocycles. The minimum absolute atomic E-state index is 0.0153. The van der Waals surface area contributed by atoms with E-state index in [-0.39, 0.29) is 24.5 Å². The maximum Gasteiger partial charge on any atom is 0.416 e. The highest BCUT2D eigenvalue weighted by Gasteiger charge is 2.35. The van der Waals surface area contributed by atoms with Gasteiger partial charge in [0.25, 0.3) is 5.91 Å². The molecule has 3 aromatic rings. The predicted octanol–water partition coefficient (Wildman–Crippen LogP) is 5.48. The van der Waals surface area contributed by atoms with Crippen LogP contribution in [0.5, 0.6) is 5.75 Å². The number of carbonyl (C=O) groups excluding carboxylic acids is 2. The lowest BCUT2D eigenvalue weighted by atomic mass is 10.00. The molecule has 0 aliphatic carbocycles. The molecule has 6 nitrogen and oxygen atoms in total. The molecule has 0 saturated carbocycles. The van der Waals surface area contributed by atoms with Crippen molar-refractivity contribution in [1.29, 1.82) is 0 Å². The molecule has 9 heteroatoms. The summed E-state index contributed by atoms with van der Waals surface area (Å²) in [6, 6.07) is 20.0. The molecule has 1 heterocycles. The number of carbonyl (C=O) groups is 2. The molecular weight excluding hydrogens is 473 g/mol. The molecule has 1 aliphatic rings. The summed E-state index contributed by atoms with van der Waals surface area (Å²) in [5.74, 6) is -0.816. The van der Waals surface area contributed by atoms with Crippen LogP contribution in [0.1, 0.15) is 23.6 Å². The average Bonchev–Trinajstić information content (AvgIpc) is 3.19. The lowest BCUT2D eigenvalue weighted by molar-refractivity contribution is -0.145. The number of alkyl halides is 3. The molecule has 0 spiro atoms. The van der Waals surface area contributed by atoms with E-state index in [4.69, 9.17) is 9.47 Å². The van der Waals surface area contributed by atoms with Gasteiger partial charge >= 0.3 is 12.1 Å². The Morgan fingerprint density at radius 1 is 1.00 bits per heavy atom. The summed E-state index contributed by atoms with van der Waals surface area (Å²) in [6.45, 7) is 1.57. The van der Waals surface area contributed by atoms with Gasteiger partial charge in [0.1, 0.15) is 11.5 Å². The standard InChI is InChI=1S/C27H21F3N2O4/c1-2-35-24(33)17-36-23-14-7-6-11-19(23)15-22-25(18-9-4-3-5-10-18)31-32(26(22)34)21-13-8-12-20(16-21)27(28,29)30/h3-16H,2,17H2,1H3/b22-15+. The van der Waals surface area contributed by atoms with Gasteiger partial charge in [0.05, 0.1) is 23.4 Å². The first-order valence-corrected chi connectivity index (χ1v) is 11.0. The normalized spacial score (nSPS) is 14.7. The van der Waals surface area contributed by atoms with Crippen LogP contribution in [0.4, 0.5) is 18.9 Å². The maximum absolute atomic E-state index is 13.5. The summed E-state index contributed by atoms with van der Waals surface area (Å²) in [5.41, 5.74) is 0.637. The van der Waals surface area contributed by atoms with Crippen molar-refractivity contribution in [1.82, 2.24) is 0 Å². The van der Waals surface area contributed by atoms with Crippen LogP contribution in [0, 0.1) is 0 Å². The Morgan fingerprint density at radius 2 is 1.72 bits per heavy atom. The number of anilines is 1. The van der Waals surface area contributed by atoms with Crippen molar-refractivity contribution in [3.63, 3.8) is 0 Å². The van der Waals surface area contributed by atoms with Crippen LogP contribution >= 0.6 is 0 Å². The van der Waals surface area contributed by atoms with Gasteiger partial charge in [-0.25, -0.2) is 4.79 Å². The number of halogens is 3. The molecule has 1 amide bonds. The van der Waals surface area contributed by atoms with Gasteiger partial charge in [-0.05, 0) is 37.3 Å². The topological polar surface area (TPSA) is 68.2 Å². The summed E-state index contributed by atoms with van der Waals surface area (Å²) in [7, 11) is 0. The molecular formula is C27H21F3N2O4. The zero-order valence-corrected chi connectivity index (χ0v) is 19.2. The van der Waals surface area contributed by atoms with Crippen LogP contribution in [0.2, 0.25) is 0 Å². The molecule has 0 aromatic heterocycles. The van der Waals surface area contributed by atoms with Crippen molar-refractivity contribution >= 4 is 29.4 Å². The Morgan fingerprint density at radius 3 is 2.44 bits per heavy atom. The van der Waals surface area contributed by atoms with Gasteiger partial charge in [0, 0.05) is 11.1 Å². The van der Waals surface area contributed by atoms with Crippen molar-refractivity contribution in [3.8, 4) is 5.75 Å². The zero-order valence-electron chi connectivity index (χ0n) is 19.2. The van der Waals surface area contributed by atoms with Gasteiger partial charge in [-0.3, -0.25) is 4.79 Å². The van der Waals surface area contributed by atoms with E-state index in [1.165, 1.54) is 12.1 Å². The molecule has 4 rings (SSSR count). The van der Waals surface area contributed by atoms with Crippen molar-refractivity contribution < 1.29 is 32.2 Å². The van der Waals surface area contributed by atoms with E-state index in [2.05, 4.69) is 5.10 Å². The van der Waals surface area contributed by atoms with Crippen LogP contribution in [0.15, 0.2) is 89.5 Å². The van der Waals surface area contributed by atoms with E-state index >= 15 is 0 Å². The first kappa shape index (κ1) is 24.7. The van der Waals surface area contributed by atoms with Gasteiger partial charge in [0.15, 0.2) is 6.61 Å². The summed E-state index contributed by atoms with van der Waals surface area (Å²) in [6.07, 6.45) is -3.03. The first-order chi connectivity index (χ1) is 17.3. The predicted molar refractivity (Wildman–Crippen MR) is 128 cm³/mol. The molecule has 1 aliphatic heterocycles. The molecule has 0 radical (unpaired) electrons. The molecule has 184 valence electrons. The van der Waals surface area contributed by atoms with Crippen molar-refractivity contribution in [2.45, 2.75) is 13.1 Å². The number of para-hydroxylation sites is 1. The van der Waals surface area contributed by atoms with Crippen molar-refractivity contribution in [3.05, 3.63) is 101 Å². The molecule has 0 bridgehead atoms. The third kappa shape index (κ3) is 5.46. The van der Waals surface area contributed by atoms with Crippen molar-refractivity contribution in [2.75, 3.05) is 18.2 Å². The molecule has 0 N–H and O–H groups in total. The van der Waals surface area contributed by atoms with Crippen LogP contribution < -0.4 is 9.75 Å². The number of benzene rings is 3. The second-order valence-electron chi connectivity index (χ2n) is 7.67. The van der Waals surface area contributed by atoms with E-state index in [1.54, 1.807) is 67.6 Å². The highest BCUT2D eigenvalue weighted by molar-refractivity contribution is 6.37. The van der Waals surface area contributed by atoms with Crippen LogP contribution in [0.25, 0.3) is 6.08 Å². The van der Waals surface area contributed by atoms with Gasteiger partial charge in [-0.15, -0.1) is 0 Å². The first-order valence-electron chi connectivity index (χ1n) is 11.0. The lowest BCUT2D eigenvalue weighted by Crippen LogP contribution is -2.22. The van der Waals surface area contributed by atoms with Gasteiger partial charge < -0.3 is 9.47 Å². The highest BCUT2D eigenvalue weighted by atomic mass is 19.4. The number of ether oxygens (including phenoxy) is 2. The lowest BCUT2D eigenvalue weighted by Gasteiger charge is -2.14. The number of esters is 1. The minimum atomic E-state index is -4.57. The Balaban J connectivity index is 1.75. The smallest absolute Gasteiger partial charge is 0.416 e. The van der Waals surface area contributed by atoms with E-state index < -0.39 is 23.6 Å². The van der Waals surface area contributed by atoms with E-state index in [0.29, 0.717) is 22.6 Å². The molecule has 0 unspecified atom stereocenters. The fraction of sp³-hybridized carbons (Fsp3) is 0.148. The average molecular weight is 494 g/mol. The van der Waals surface area contributed by atoms with E-state index in [1.807, 2.05) is 0 Å². The Bertz CT molecular complexity index is 1330. The highest BCUT2D eigenvalue weighted by Crippen LogP contribution is 2.34. The second-order valence-corrected chi connectivity index (χ2v) is 7.67. The number of hydrogen-bond acceptors (Lipinski definition) is 5. The van der Waals surface area contributed by atoms with Crippen LogP contribution in [-0.2, 0) is 20.5 Å².